The van der Waals surface area contributed by atoms with Crippen molar-refractivity contribution in [1.29, 1.82) is 0 Å². The Morgan fingerprint density at radius 2 is 0.946 bits per heavy atom. The van der Waals surface area contributed by atoms with Crippen LogP contribution < -0.4 is 0 Å². The molecule has 0 aliphatic rings. The number of hydrogen-bond acceptors (Lipinski definition) is 8. The van der Waals surface area contributed by atoms with Crippen molar-refractivity contribution in [3.8, 4) is 0 Å². The maximum atomic E-state index is 13.3. The molecule has 0 bridgehead atoms. The fraction of sp³-hybridized carbons (Fsp3) is 0.929. The number of hydrogen-bond donors (Lipinski definition) is 2. The molecular formula is C28H56O6S2Sn. The summed E-state index contributed by atoms with van der Waals surface area (Å²) in [6.45, 7) is 9.81. The molecule has 0 aliphatic heterocycles. The van der Waals surface area contributed by atoms with Gasteiger partial charge in [0.15, 0.2) is 0 Å². The van der Waals surface area contributed by atoms with E-state index in [0.29, 0.717) is 33.6 Å². The van der Waals surface area contributed by atoms with E-state index in [1.54, 1.807) is 0 Å². The van der Waals surface area contributed by atoms with E-state index in [-0.39, 0.29) is 25.2 Å². The first kappa shape index (κ1) is 37.4. The summed E-state index contributed by atoms with van der Waals surface area (Å²) in [7, 11) is 0. The first-order chi connectivity index (χ1) is 17.9. The van der Waals surface area contributed by atoms with Gasteiger partial charge in [-0.2, -0.15) is 0 Å². The van der Waals surface area contributed by atoms with Gasteiger partial charge in [-0.15, -0.1) is 0 Å². The van der Waals surface area contributed by atoms with Gasteiger partial charge in [0, 0.05) is 0 Å². The molecule has 0 aromatic rings. The molecule has 0 fully saturated rings. The summed E-state index contributed by atoms with van der Waals surface area (Å²) in [4.78, 5) is 26.6. The van der Waals surface area contributed by atoms with Crippen molar-refractivity contribution in [2.24, 2.45) is 11.8 Å². The van der Waals surface area contributed by atoms with E-state index >= 15 is 0 Å². The predicted molar refractivity (Wildman–Crippen MR) is 162 cm³/mol. The third-order valence-corrected chi connectivity index (χ3v) is 17.1. The van der Waals surface area contributed by atoms with Gasteiger partial charge in [-0.05, 0) is 0 Å². The number of rotatable bonds is 26. The van der Waals surface area contributed by atoms with Crippen molar-refractivity contribution in [2.45, 2.75) is 114 Å². The molecule has 0 rings (SSSR count). The molecule has 0 aromatic carbocycles. The number of ether oxygens (including phenoxy) is 2. The van der Waals surface area contributed by atoms with Crippen molar-refractivity contribution in [1.82, 2.24) is 0 Å². The summed E-state index contributed by atoms with van der Waals surface area (Å²) in [5.74, 6) is -0.890. The summed E-state index contributed by atoms with van der Waals surface area (Å²) < 4.78 is 25.1. The number of carbonyl (C=O) groups is 2. The minimum absolute atomic E-state index is 0.270. The Balaban J connectivity index is 5.71. The zero-order chi connectivity index (χ0) is 27.8. The molecule has 0 aliphatic carbocycles. The standard InChI is InChI=1S/2C8H17.2C6H12O3S.Sn/c2*1-3-5-7-8-6-4-2;2*1-2-9-3-5(4-10)6(7)8;/h2*1,3-8H2,2H3;2*5,10H,2-4H2,1H3,(H,7,8);/q;;;;+2/p-2. The summed E-state index contributed by atoms with van der Waals surface area (Å²) in [6.07, 6.45) is 13.6. The minimum atomic E-state index is -4.14. The number of thiol groups is 2. The Kier molecular flexibility index (Phi) is 25.6. The Morgan fingerprint density at radius 1 is 0.595 bits per heavy atom. The Bertz CT molecular complexity index is 519. The monoisotopic (exact) mass is 672 g/mol. The van der Waals surface area contributed by atoms with Crippen LogP contribution in [0.15, 0.2) is 0 Å². The average molecular weight is 672 g/mol. The van der Waals surface area contributed by atoms with E-state index in [1.807, 2.05) is 13.8 Å². The van der Waals surface area contributed by atoms with Gasteiger partial charge in [-0.1, -0.05) is 0 Å². The molecular weight excluding hydrogens is 615 g/mol. The second-order valence-corrected chi connectivity index (χ2v) is 19.8. The average Bonchev–Trinajstić information content (AvgIpc) is 2.89. The molecule has 0 spiro atoms. The molecule has 220 valence electrons. The van der Waals surface area contributed by atoms with Gasteiger partial charge in [0.1, 0.15) is 0 Å². The van der Waals surface area contributed by atoms with Crippen LogP contribution in [0.4, 0.5) is 0 Å². The molecule has 37 heavy (non-hydrogen) atoms. The van der Waals surface area contributed by atoms with Gasteiger partial charge in [0.2, 0.25) is 0 Å². The summed E-state index contributed by atoms with van der Waals surface area (Å²) >= 11 is 4.62. The van der Waals surface area contributed by atoms with E-state index < -0.39 is 31.0 Å². The van der Waals surface area contributed by atoms with Crippen LogP contribution in [0.25, 0.3) is 0 Å². The normalized spacial score (nSPS) is 13.4. The van der Waals surface area contributed by atoms with Crippen molar-refractivity contribution < 1.29 is 25.2 Å². The van der Waals surface area contributed by atoms with Gasteiger partial charge in [0.25, 0.3) is 0 Å². The van der Waals surface area contributed by atoms with Crippen LogP contribution in [0.2, 0.25) is 8.87 Å². The Labute approximate surface area is 243 Å². The summed E-state index contributed by atoms with van der Waals surface area (Å²) in [6, 6.07) is 0. The van der Waals surface area contributed by atoms with Crippen LogP contribution >= 0.6 is 25.3 Å². The van der Waals surface area contributed by atoms with Crippen LogP contribution in [0, 0.1) is 11.8 Å². The van der Waals surface area contributed by atoms with Crippen molar-refractivity contribution in [3.63, 3.8) is 0 Å². The zero-order valence-corrected chi connectivity index (χ0v) is 28.8. The molecule has 0 amide bonds. The molecule has 9 heteroatoms. The maximum absolute atomic E-state index is 13.3. The third kappa shape index (κ3) is 18.4. The Hall–Kier alpha value is 0.359. The predicted octanol–water partition coefficient (Wildman–Crippen LogP) is 7.40. The van der Waals surface area contributed by atoms with Crippen LogP contribution in [-0.2, 0) is 25.2 Å². The van der Waals surface area contributed by atoms with Crippen LogP contribution in [-0.4, -0.2) is 69.1 Å². The first-order valence-corrected chi connectivity index (χ1v) is 22.4. The third-order valence-electron chi connectivity index (χ3n) is 6.55. The van der Waals surface area contributed by atoms with Crippen LogP contribution in [0.5, 0.6) is 0 Å². The zero-order valence-electron chi connectivity index (χ0n) is 24.1. The van der Waals surface area contributed by atoms with Crippen LogP contribution in [0.3, 0.4) is 0 Å². The molecule has 2 unspecified atom stereocenters. The fourth-order valence-corrected chi connectivity index (χ4v) is 14.2. The Morgan fingerprint density at radius 3 is 1.27 bits per heavy atom. The summed E-state index contributed by atoms with van der Waals surface area (Å²) in [5.41, 5.74) is 0. The van der Waals surface area contributed by atoms with Gasteiger partial charge in [0.05, 0.1) is 0 Å². The van der Waals surface area contributed by atoms with E-state index in [4.69, 9.17) is 15.6 Å². The van der Waals surface area contributed by atoms with Crippen molar-refractivity contribution in [2.75, 3.05) is 37.9 Å². The van der Waals surface area contributed by atoms with Crippen molar-refractivity contribution >= 4 is 56.4 Å². The molecule has 0 heterocycles. The second-order valence-electron chi connectivity index (χ2n) is 9.87. The summed E-state index contributed by atoms with van der Waals surface area (Å²) in [5, 5.41) is 0. The molecule has 0 saturated heterocycles. The van der Waals surface area contributed by atoms with Gasteiger partial charge in [-0.3, -0.25) is 0 Å². The molecule has 0 aromatic heterocycles. The van der Waals surface area contributed by atoms with Gasteiger partial charge >= 0.3 is 245 Å². The van der Waals surface area contributed by atoms with E-state index in [9.17, 15) is 9.59 Å². The second kappa shape index (κ2) is 25.3. The van der Waals surface area contributed by atoms with E-state index in [1.165, 1.54) is 38.5 Å². The van der Waals surface area contributed by atoms with Crippen molar-refractivity contribution in [3.05, 3.63) is 0 Å². The number of carbonyl (C=O) groups excluding carboxylic acids is 2. The molecule has 0 radical (unpaired) electrons. The van der Waals surface area contributed by atoms with Gasteiger partial charge in [-0.25, -0.2) is 0 Å². The quantitative estimate of drug-likeness (QED) is 0.0568. The van der Waals surface area contributed by atoms with E-state index in [2.05, 4.69) is 39.1 Å². The van der Waals surface area contributed by atoms with E-state index in [0.717, 1.165) is 38.5 Å². The topological polar surface area (TPSA) is 71.1 Å². The first-order valence-electron chi connectivity index (χ1n) is 14.8. The molecule has 0 saturated carbocycles. The SMILES string of the molecule is CCCCCCC[CH2][Sn]([CH2]CCCCCCC)([O]C(=O)C(CS)COCC)[O]C(=O)C(CS)COCC. The molecule has 0 N–H and O–H groups in total. The van der Waals surface area contributed by atoms with Gasteiger partial charge < -0.3 is 0 Å². The molecule has 2 atom stereocenters. The molecule has 6 nitrogen and oxygen atoms in total. The fourth-order valence-electron chi connectivity index (χ4n) is 4.14. The number of unbranched alkanes of at least 4 members (excludes halogenated alkanes) is 10. The van der Waals surface area contributed by atoms with Crippen LogP contribution in [0.1, 0.15) is 105 Å².